The van der Waals surface area contributed by atoms with Gasteiger partial charge in [0.2, 0.25) is 5.91 Å². The maximum absolute atomic E-state index is 13.7. The number of nitrogens with one attached hydrogen (secondary N) is 1. The normalized spacial score (nSPS) is 19.8. The molecule has 21 heavy (non-hydrogen) atoms. The second-order valence-electron chi connectivity index (χ2n) is 6.47. The van der Waals surface area contributed by atoms with Crippen molar-refractivity contribution in [3.8, 4) is 0 Å². The maximum atomic E-state index is 13.7. The van der Waals surface area contributed by atoms with E-state index in [0.29, 0.717) is 11.6 Å². The van der Waals surface area contributed by atoms with E-state index < -0.39 is 0 Å². The largest absolute Gasteiger partial charge is 0.323 e. The number of halogens is 1. The molecule has 1 saturated heterocycles. The fourth-order valence-corrected chi connectivity index (χ4v) is 2.92. The number of aryl methyl sites for hydroxylation is 1. The van der Waals surface area contributed by atoms with Crippen molar-refractivity contribution in [2.24, 2.45) is 11.8 Å². The summed E-state index contributed by atoms with van der Waals surface area (Å²) in [5.41, 5.74) is 1.23. The van der Waals surface area contributed by atoms with Crippen molar-refractivity contribution >= 4 is 11.6 Å². The van der Waals surface area contributed by atoms with Gasteiger partial charge in [0.1, 0.15) is 5.82 Å². The molecular formula is C17H25FN2O. The van der Waals surface area contributed by atoms with Crippen LogP contribution in [-0.4, -0.2) is 30.4 Å². The number of carbonyl (C=O) groups excluding carboxylic acids is 1. The first kappa shape index (κ1) is 16.0. The van der Waals surface area contributed by atoms with E-state index in [1.54, 1.807) is 12.1 Å². The Hall–Kier alpha value is -1.42. The number of likely N-dealkylation sites (tertiary alicyclic amines) is 1. The molecule has 1 heterocycles. The van der Waals surface area contributed by atoms with Crippen molar-refractivity contribution in [3.63, 3.8) is 0 Å². The Morgan fingerprint density at radius 2 is 2.24 bits per heavy atom. The lowest BCUT2D eigenvalue weighted by atomic mass is 9.96. The molecule has 3 nitrogen and oxygen atoms in total. The van der Waals surface area contributed by atoms with Crippen molar-refractivity contribution in [1.82, 2.24) is 4.90 Å². The molecule has 1 N–H and O–H groups in total. The second kappa shape index (κ2) is 7.03. The molecule has 116 valence electrons. The highest BCUT2D eigenvalue weighted by Crippen LogP contribution is 2.21. The maximum Gasteiger partial charge on any atom is 0.228 e. The Balaban J connectivity index is 1.98. The van der Waals surface area contributed by atoms with E-state index in [9.17, 15) is 9.18 Å². The third-order valence-corrected chi connectivity index (χ3v) is 3.88. The molecule has 1 amide bonds. The van der Waals surface area contributed by atoms with E-state index in [0.717, 1.165) is 38.0 Å². The van der Waals surface area contributed by atoms with Crippen LogP contribution in [0, 0.1) is 24.6 Å². The molecule has 1 fully saturated rings. The van der Waals surface area contributed by atoms with Crippen LogP contribution in [0.3, 0.4) is 0 Å². The lowest BCUT2D eigenvalue weighted by Gasteiger charge is -2.33. The minimum atomic E-state index is -0.371. The third kappa shape index (κ3) is 4.53. The molecule has 1 aromatic carbocycles. The quantitative estimate of drug-likeness (QED) is 0.922. The van der Waals surface area contributed by atoms with Gasteiger partial charge in [0.05, 0.1) is 11.6 Å². The van der Waals surface area contributed by atoms with Gasteiger partial charge in [-0.1, -0.05) is 19.9 Å². The number of amides is 1. The summed E-state index contributed by atoms with van der Waals surface area (Å²) in [5, 5.41) is 2.75. The zero-order valence-corrected chi connectivity index (χ0v) is 13.2. The molecule has 0 bridgehead atoms. The lowest BCUT2D eigenvalue weighted by Crippen LogP contribution is -2.42. The van der Waals surface area contributed by atoms with Crippen LogP contribution < -0.4 is 5.32 Å². The Morgan fingerprint density at radius 3 is 2.95 bits per heavy atom. The second-order valence-corrected chi connectivity index (χ2v) is 6.47. The third-order valence-electron chi connectivity index (χ3n) is 3.88. The first-order valence-corrected chi connectivity index (χ1v) is 7.75. The van der Waals surface area contributed by atoms with Crippen LogP contribution >= 0.6 is 0 Å². The molecule has 2 rings (SSSR count). The average Bonchev–Trinajstić information content (AvgIpc) is 2.42. The smallest absolute Gasteiger partial charge is 0.228 e. The summed E-state index contributed by atoms with van der Waals surface area (Å²) in [4.78, 5) is 14.7. The summed E-state index contributed by atoms with van der Waals surface area (Å²) in [5.74, 6) is 0.121. The summed E-state index contributed by atoms with van der Waals surface area (Å²) in [6.45, 7) is 9.11. The summed E-state index contributed by atoms with van der Waals surface area (Å²) in [6.07, 6.45) is 1.91. The first-order valence-electron chi connectivity index (χ1n) is 7.75. The molecule has 0 saturated carbocycles. The lowest BCUT2D eigenvalue weighted by molar-refractivity contribution is -0.121. The van der Waals surface area contributed by atoms with E-state index in [1.807, 2.05) is 6.92 Å². The van der Waals surface area contributed by atoms with Gasteiger partial charge >= 0.3 is 0 Å². The minimum Gasteiger partial charge on any atom is -0.323 e. The van der Waals surface area contributed by atoms with Crippen molar-refractivity contribution in [1.29, 1.82) is 0 Å². The van der Waals surface area contributed by atoms with E-state index in [4.69, 9.17) is 0 Å². The molecule has 0 aliphatic carbocycles. The molecule has 1 aromatic rings. The number of nitrogens with zero attached hydrogens (tertiary/aromatic N) is 1. The Labute approximate surface area is 126 Å². The van der Waals surface area contributed by atoms with Crippen molar-refractivity contribution in [2.75, 3.05) is 25.0 Å². The van der Waals surface area contributed by atoms with Gasteiger partial charge in [-0.05, 0) is 49.9 Å². The van der Waals surface area contributed by atoms with E-state index in [1.165, 1.54) is 6.07 Å². The highest BCUT2D eigenvalue weighted by molar-refractivity contribution is 5.93. The van der Waals surface area contributed by atoms with Gasteiger partial charge in [-0.15, -0.1) is 0 Å². The number of piperidine rings is 1. The van der Waals surface area contributed by atoms with Crippen molar-refractivity contribution < 1.29 is 9.18 Å². The predicted molar refractivity (Wildman–Crippen MR) is 83.8 cm³/mol. The number of anilines is 1. The highest BCUT2D eigenvalue weighted by atomic mass is 19.1. The average molecular weight is 292 g/mol. The molecule has 4 heteroatoms. The minimum absolute atomic E-state index is 0.0441. The summed E-state index contributed by atoms with van der Waals surface area (Å²) < 4.78 is 13.7. The number of hydrogen-bond donors (Lipinski definition) is 1. The number of carbonyl (C=O) groups is 1. The number of benzene rings is 1. The zero-order chi connectivity index (χ0) is 15.4. The van der Waals surface area contributed by atoms with Gasteiger partial charge in [0, 0.05) is 13.1 Å². The molecule has 1 aliphatic heterocycles. The topological polar surface area (TPSA) is 32.3 Å². The molecule has 0 unspecified atom stereocenters. The van der Waals surface area contributed by atoms with Gasteiger partial charge in [-0.2, -0.15) is 0 Å². The van der Waals surface area contributed by atoms with Crippen LogP contribution in [-0.2, 0) is 4.79 Å². The molecular weight excluding hydrogens is 267 g/mol. The Morgan fingerprint density at radius 1 is 1.48 bits per heavy atom. The van der Waals surface area contributed by atoms with Crippen LogP contribution in [0.5, 0.6) is 0 Å². The number of rotatable bonds is 4. The highest BCUT2D eigenvalue weighted by Gasteiger charge is 2.26. The SMILES string of the molecule is Cc1ccc(F)c(NC(=O)[C@H]2CCCN(CC(C)C)C2)c1. The van der Waals surface area contributed by atoms with Gasteiger partial charge in [-0.25, -0.2) is 4.39 Å². The Bertz CT molecular complexity index is 502. The molecule has 0 radical (unpaired) electrons. The molecule has 1 atom stereocenters. The van der Waals surface area contributed by atoms with Crippen LogP contribution in [0.1, 0.15) is 32.3 Å². The first-order chi connectivity index (χ1) is 9.95. The molecule has 0 aromatic heterocycles. The van der Waals surface area contributed by atoms with Crippen LogP contribution in [0.2, 0.25) is 0 Å². The zero-order valence-electron chi connectivity index (χ0n) is 13.2. The van der Waals surface area contributed by atoms with Crippen molar-refractivity contribution in [3.05, 3.63) is 29.6 Å². The van der Waals surface area contributed by atoms with E-state index in [2.05, 4.69) is 24.1 Å². The van der Waals surface area contributed by atoms with Crippen molar-refractivity contribution in [2.45, 2.75) is 33.6 Å². The summed E-state index contributed by atoms with van der Waals surface area (Å²) >= 11 is 0. The van der Waals surface area contributed by atoms with Crippen LogP contribution in [0.4, 0.5) is 10.1 Å². The van der Waals surface area contributed by atoms with Crippen LogP contribution in [0.15, 0.2) is 18.2 Å². The summed E-state index contributed by atoms with van der Waals surface area (Å²) in [7, 11) is 0. The molecule has 1 aliphatic rings. The van der Waals surface area contributed by atoms with Gasteiger partial charge < -0.3 is 10.2 Å². The standard InChI is InChI=1S/C17H25FN2O/c1-12(2)10-20-8-4-5-14(11-20)17(21)19-16-9-13(3)6-7-15(16)18/h6-7,9,12,14H,4-5,8,10-11H2,1-3H3,(H,19,21)/t14-/m0/s1. The Kier molecular flexibility index (Phi) is 5.34. The van der Waals surface area contributed by atoms with Gasteiger partial charge in [-0.3, -0.25) is 4.79 Å². The fraction of sp³-hybridized carbons (Fsp3) is 0.588. The monoisotopic (exact) mass is 292 g/mol. The van der Waals surface area contributed by atoms with E-state index in [-0.39, 0.29) is 17.6 Å². The predicted octanol–water partition coefficient (Wildman–Crippen LogP) is 3.44. The fourth-order valence-electron chi connectivity index (χ4n) is 2.92. The van der Waals surface area contributed by atoms with Crippen LogP contribution in [0.25, 0.3) is 0 Å². The molecule has 0 spiro atoms. The van der Waals surface area contributed by atoms with E-state index >= 15 is 0 Å². The number of hydrogen-bond acceptors (Lipinski definition) is 2. The summed E-state index contributed by atoms with van der Waals surface area (Å²) in [6, 6.07) is 4.79. The van der Waals surface area contributed by atoms with Gasteiger partial charge in [0.25, 0.3) is 0 Å². The van der Waals surface area contributed by atoms with Gasteiger partial charge in [0.15, 0.2) is 0 Å².